The Hall–Kier alpha value is -2.78. The molecule has 0 spiro atoms. The predicted octanol–water partition coefficient (Wildman–Crippen LogP) is 3.85. The fourth-order valence-corrected chi connectivity index (χ4v) is 5.46. The number of anilines is 1. The normalized spacial score (nSPS) is 14.5. The molecule has 0 aliphatic carbocycles. The summed E-state index contributed by atoms with van der Waals surface area (Å²) in [6.07, 6.45) is 3.36. The van der Waals surface area contributed by atoms with Crippen LogP contribution in [0.4, 0.5) is 5.69 Å². The topological polar surface area (TPSA) is 94.2 Å². The Morgan fingerprint density at radius 2 is 1.79 bits per heavy atom. The highest BCUT2D eigenvalue weighted by atomic mass is 32.2. The van der Waals surface area contributed by atoms with E-state index < -0.39 is 10.0 Å². The number of hydrogen-bond acceptors (Lipinski definition) is 6. The zero-order valence-corrected chi connectivity index (χ0v) is 20.2. The van der Waals surface area contributed by atoms with Gasteiger partial charge in [-0.1, -0.05) is 18.6 Å². The number of nitrogens with one attached hydrogen (secondary N) is 1. The van der Waals surface area contributed by atoms with Crippen molar-refractivity contribution in [3.05, 3.63) is 42.0 Å². The van der Waals surface area contributed by atoms with Crippen molar-refractivity contribution in [1.29, 1.82) is 0 Å². The third-order valence-electron chi connectivity index (χ3n) is 5.58. The molecular formula is C24H32N2O6S. The largest absolute Gasteiger partial charge is 0.493 e. The number of ether oxygens (including phenoxy) is 3. The van der Waals surface area contributed by atoms with Crippen molar-refractivity contribution >= 4 is 21.6 Å². The standard InChI is InChI=1S/C24H32N2O6S/c1-4-32-21-13-12-19(33(28,29)26-15-6-5-7-16-26)17-20(21)25-23(27)14-11-18-9-8-10-22(30-2)24(18)31-3/h8-10,12-13,17H,4-7,11,14-16H2,1-3H3,(H,25,27). The van der Waals surface area contributed by atoms with Gasteiger partial charge in [0.15, 0.2) is 11.5 Å². The molecule has 8 nitrogen and oxygen atoms in total. The fourth-order valence-electron chi connectivity index (χ4n) is 3.91. The molecule has 1 amide bonds. The summed E-state index contributed by atoms with van der Waals surface area (Å²) in [6, 6.07) is 10.1. The van der Waals surface area contributed by atoms with Crippen molar-refractivity contribution in [2.75, 3.05) is 39.2 Å². The van der Waals surface area contributed by atoms with Crippen LogP contribution in [-0.2, 0) is 21.2 Å². The Labute approximate surface area is 195 Å². The van der Waals surface area contributed by atoms with Crippen LogP contribution in [0.5, 0.6) is 17.2 Å². The van der Waals surface area contributed by atoms with Gasteiger partial charge >= 0.3 is 0 Å². The number of carbonyl (C=O) groups excluding carboxylic acids is 1. The van der Waals surface area contributed by atoms with E-state index in [1.165, 1.54) is 16.4 Å². The van der Waals surface area contributed by atoms with Crippen LogP contribution in [0, 0.1) is 0 Å². The first-order valence-electron chi connectivity index (χ1n) is 11.2. The quantitative estimate of drug-likeness (QED) is 0.560. The van der Waals surface area contributed by atoms with E-state index in [-0.39, 0.29) is 17.2 Å². The third-order valence-corrected chi connectivity index (χ3v) is 7.48. The average Bonchev–Trinajstić information content (AvgIpc) is 2.84. The van der Waals surface area contributed by atoms with Crippen molar-refractivity contribution in [3.8, 4) is 17.2 Å². The predicted molar refractivity (Wildman–Crippen MR) is 127 cm³/mol. The van der Waals surface area contributed by atoms with Gasteiger partial charge in [-0.05, 0) is 56.0 Å². The van der Waals surface area contributed by atoms with Gasteiger partial charge in [-0.15, -0.1) is 0 Å². The first-order chi connectivity index (χ1) is 15.9. The minimum Gasteiger partial charge on any atom is -0.493 e. The van der Waals surface area contributed by atoms with E-state index in [4.69, 9.17) is 14.2 Å². The Morgan fingerprint density at radius 1 is 1.03 bits per heavy atom. The highest BCUT2D eigenvalue weighted by molar-refractivity contribution is 7.89. The molecule has 9 heteroatoms. The van der Waals surface area contributed by atoms with Gasteiger partial charge in [0.05, 0.1) is 31.4 Å². The molecule has 180 valence electrons. The molecule has 1 saturated heterocycles. The zero-order chi connectivity index (χ0) is 23.8. The highest BCUT2D eigenvalue weighted by Gasteiger charge is 2.27. The maximum Gasteiger partial charge on any atom is 0.243 e. The number of hydrogen-bond donors (Lipinski definition) is 1. The monoisotopic (exact) mass is 476 g/mol. The van der Waals surface area contributed by atoms with Gasteiger partial charge in [0, 0.05) is 19.5 Å². The molecule has 0 atom stereocenters. The van der Waals surface area contributed by atoms with Crippen LogP contribution in [0.25, 0.3) is 0 Å². The summed E-state index contributed by atoms with van der Waals surface area (Å²) in [4.78, 5) is 12.9. The molecule has 0 bridgehead atoms. The van der Waals surface area contributed by atoms with Crippen molar-refractivity contribution in [3.63, 3.8) is 0 Å². The maximum atomic E-state index is 13.1. The zero-order valence-electron chi connectivity index (χ0n) is 19.4. The first kappa shape index (κ1) is 24.9. The van der Waals surface area contributed by atoms with Crippen molar-refractivity contribution in [2.45, 2.75) is 43.9 Å². The smallest absolute Gasteiger partial charge is 0.243 e. The molecule has 1 heterocycles. The van der Waals surface area contributed by atoms with Crippen LogP contribution in [0.2, 0.25) is 0 Å². The Balaban J connectivity index is 1.77. The first-order valence-corrected chi connectivity index (χ1v) is 12.6. The summed E-state index contributed by atoms with van der Waals surface area (Å²) in [6.45, 7) is 3.25. The number of methoxy groups -OCH3 is 2. The van der Waals surface area contributed by atoms with Crippen LogP contribution in [0.3, 0.4) is 0 Å². The molecule has 2 aromatic rings. The van der Waals surface area contributed by atoms with Crippen LogP contribution in [-0.4, -0.2) is 52.5 Å². The lowest BCUT2D eigenvalue weighted by Gasteiger charge is -2.26. The van der Waals surface area contributed by atoms with Crippen LogP contribution in [0.15, 0.2) is 41.3 Å². The minimum absolute atomic E-state index is 0.151. The molecule has 0 unspecified atom stereocenters. The molecule has 1 aliphatic heterocycles. The van der Waals surface area contributed by atoms with Crippen LogP contribution < -0.4 is 19.5 Å². The van der Waals surface area contributed by atoms with Gasteiger partial charge in [-0.3, -0.25) is 4.79 Å². The Bertz CT molecular complexity index is 1060. The number of rotatable bonds is 10. The lowest BCUT2D eigenvalue weighted by atomic mass is 10.1. The van der Waals surface area contributed by atoms with Gasteiger partial charge in [0.25, 0.3) is 0 Å². The van der Waals surface area contributed by atoms with E-state index in [0.29, 0.717) is 49.1 Å². The Kier molecular flexibility index (Phi) is 8.57. The average molecular weight is 477 g/mol. The lowest BCUT2D eigenvalue weighted by molar-refractivity contribution is -0.116. The molecule has 33 heavy (non-hydrogen) atoms. The summed E-state index contributed by atoms with van der Waals surface area (Å²) in [7, 11) is -0.504. The van der Waals surface area contributed by atoms with Crippen molar-refractivity contribution in [2.24, 2.45) is 0 Å². The van der Waals surface area contributed by atoms with E-state index in [9.17, 15) is 13.2 Å². The second-order valence-corrected chi connectivity index (χ2v) is 9.69. The number of aryl methyl sites for hydroxylation is 1. The van der Waals surface area contributed by atoms with Crippen molar-refractivity contribution in [1.82, 2.24) is 4.31 Å². The third kappa shape index (κ3) is 5.97. The molecular weight excluding hydrogens is 444 g/mol. The number of nitrogens with zero attached hydrogens (tertiary/aromatic N) is 1. The second kappa shape index (κ2) is 11.4. The molecule has 3 rings (SSSR count). The molecule has 1 N–H and O–H groups in total. The number of amides is 1. The summed E-state index contributed by atoms with van der Waals surface area (Å²) in [5.74, 6) is 1.37. The van der Waals surface area contributed by atoms with E-state index >= 15 is 0 Å². The molecule has 0 radical (unpaired) electrons. The molecule has 0 saturated carbocycles. The number of carbonyl (C=O) groups is 1. The molecule has 1 fully saturated rings. The fraction of sp³-hybridized carbons (Fsp3) is 0.458. The number of benzene rings is 2. The van der Waals surface area contributed by atoms with Gasteiger partial charge in [0.2, 0.25) is 15.9 Å². The lowest BCUT2D eigenvalue weighted by Crippen LogP contribution is -2.35. The maximum absolute atomic E-state index is 13.1. The van der Waals surface area contributed by atoms with Crippen LogP contribution >= 0.6 is 0 Å². The number of sulfonamides is 1. The van der Waals surface area contributed by atoms with E-state index in [0.717, 1.165) is 24.8 Å². The van der Waals surface area contributed by atoms with E-state index in [1.807, 2.05) is 19.1 Å². The van der Waals surface area contributed by atoms with Gasteiger partial charge in [0.1, 0.15) is 5.75 Å². The minimum atomic E-state index is -3.63. The molecule has 1 aliphatic rings. The van der Waals surface area contributed by atoms with Gasteiger partial charge < -0.3 is 19.5 Å². The summed E-state index contributed by atoms with van der Waals surface area (Å²) in [5, 5.41) is 2.83. The molecule has 0 aromatic heterocycles. The van der Waals surface area contributed by atoms with Crippen molar-refractivity contribution < 1.29 is 27.4 Å². The Morgan fingerprint density at radius 3 is 2.45 bits per heavy atom. The second-order valence-electron chi connectivity index (χ2n) is 7.76. The van der Waals surface area contributed by atoms with Crippen LogP contribution in [0.1, 0.15) is 38.2 Å². The molecule has 2 aromatic carbocycles. The summed E-state index contributed by atoms with van der Waals surface area (Å²) < 4.78 is 44.0. The van der Waals surface area contributed by atoms with E-state index in [1.54, 1.807) is 26.4 Å². The van der Waals surface area contributed by atoms with Gasteiger partial charge in [-0.25, -0.2) is 8.42 Å². The van der Waals surface area contributed by atoms with E-state index in [2.05, 4.69) is 5.32 Å². The summed E-state index contributed by atoms with van der Waals surface area (Å²) >= 11 is 0. The summed E-state index contributed by atoms with van der Waals surface area (Å²) in [5.41, 5.74) is 1.19. The SMILES string of the molecule is CCOc1ccc(S(=O)(=O)N2CCCCC2)cc1NC(=O)CCc1cccc(OC)c1OC. The number of para-hydroxylation sites is 1. The van der Waals surface area contributed by atoms with Gasteiger partial charge in [-0.2, -0.15) is 4.31 Å². The highest BCUT2D eigenvalue weighted by Crippen LogP contribution is 2.33. The number of piperidine rings is 1.